The molecule has 1 amide bonds. The van der Waals surface area contributed by atoms with Gasteiger partial charge in [0, 0.05) is 24.6 Å². The molecule has 1 fully saturated rings. The van der Waals surface area contributed by atoms with Crippen LogP contribution in [0.4, 0.5) is 17.6 Å². The summed E-state index contributed by atoms with van der Waals surface area (Å²) < 4.78 is 61.8. The molecule has 0 unspecified atom stereocenters. The minimum absolute atomic E-state index is 0.00939. The predicted octanol–water partition coefficient (Wildman–Crippen LogP) is 3.53. The molecule has 3 heterocycles. The maximum absolute atomic E-state index is 13.8. The van der Waals surface area contributed by atoms with Crippen LogP contribution in [-0.4, -0.2) is 44.4 Å². The highest BCUT2D eigenvalue weighted by Crippen LogP contribution is 2.34. The number of rotatable bonds is 4. The van der Waals surface area contributed by atoms with Gasteiger partial charge in [-0.2, -0.15) is 18.2 Å². The lowest BCUT2D eigenvalue weighted by atomic mass is 9.96. The Morgan fingerprint density at radius 1 is 1.19 bits per heavy atom. The van der Waals surface area contributed by atoms with Crippen molar-refractivity contribution in [1.29, 1.82) is 0 Å². The summed E-state index contributed by atoms with van der Waals surface area (Å²) in [5.74, 6) is -1.29. The molecule has 1 saturated heterocycles. The van der Waals surface area contributed by atoms with Crippen LogP contribution in [0.2, 0.25) is 0 Å². The van der Waals surface area contributed by atoms with E-state index in [1.165, 1.54) is 0 Å². The van der Waals surface area contributed by atoms with Crippen molar-refractivity contribution in [3.8, 4) is 11.4 Å². The van der Waals surface area contributed by atoms with Crippen LogP contribution >= 0.6 is 0 Å². The SMILES string of the molecule is Cc1nonc1CC(=O)N1CCC(c2nc(-c3ccc(C(F)(F)F)c(F)c3)no2)CC1. The fourth-order valence-corrected chi connectivity index (χ4v) is 3.44. The first-order valence-electron chi connectivity index (χ1n) is 9.49. The molecule has 164 valence electrons. The molecular weight excluding hydrogens is 422 g/mol. The standard InChI is InChI=1S/C19H17F4N5O3/c1-10-15(26-31-25-10)9-16(29)28-6-4-11(5-7-28)18-24-17(27-30-18)12-2-3-13(14(20)8-12)19(21,22)23/h2-3,8,11H,4-7,9H2,1H3. The topological polar surface area (TPSA) is 98.2 Å². The molecule has 3 aromatic rings. The van der Waals surface area contributed by atoms with Gasteiger partial charge in [-0.15, -0.1) is 0 Å². The number of benzene rings is 1. The third-order valence-electron chi connectivity index (χ3n) is 5.24. The Hall–Kier alpha value is -3.31. The summed E-state index contributed by atoms with van der Waals surface area (Å²) in [6.07, 6.45) is -3.53. The number of hydrogen-bond donors (Lipinski definition) is 0. The minimum atomic E-state index is -4.78. The molecule has 1 aliphatic rings. The maximum atomic E-state index is 13.8. The van der Waals surface area contributed by atoms with E-state index in [4.69, 9.17) is 4.52 Å². The monoisotopic (exact) mass is 439 g/mol. The number of carbonyl (C=O) groups is 1. The van der Waals surface area contributed by atoms with Crippen LogP contribution in [0.25, 0.3) is 11.4 Å². The summed E-state index contributed by atoms with van der Waals surface area (Å²) in [5, 5.41) is 11.1. The summed E-state index contributed by atoms with van der Waals surface area (Å²) in [7, 11) is 0. The number of aromatic nitrogens is 4. The predicted molar refractivity (Wildman–Crippen MR) is 96.0 cm³/mol. The second-order valence-electron chi connectivity index (χ2n) is 7.28. The average molecular weight is 439 g/mol. The number of aryl methyl sites for hydroxylation is 1. The van der Waals surface area contributed by atoms with Crippen molar-refractivity contribution in [3.63, 3.8) is 0 Å². The van der Waals surface area contributed by atoms with E-state index in [0.717, 1.165) is 12.1 Å². The lowest BCUT2D eigenvalue weighted by molar-refractivity contribution is -0.140. The molecule has 0 aliphatic carbocycles. The molecule has 0 bridgehead atoms. The first kappa shape index (κ1) is 20.9. The number of piperidine rings is 1. The summed E-state index contributed by atoms with van der Waals surface area (Å²) in [6, 6.07) is 2.49. The zero-order chi connectivity index (χ0) is 22.2. The van der Waals surface area contributed by atoms with Crippen LogP contribution in [0.1, 0.15) is 41.6 Å². The lowest BCUT2D eigenvalue weighted by Crippen LogP contribution is -2.39. The van der Waals surface area contributed by atoms with Gasteiger partial charge in [0.05, 0.1) is 12.0 Å². The van der Waals surface area contributed by atoms with Gasteiger partial charge < -0.3 is 9.42 Å². The third kappa shape index (κ3) is 4.42. The number of alkyl halides is 3. The molecule has 0 radical (unpaired) electrons. The lowest BCUT2D eigenvalue weighted by Gasteiger charge is -2.30. The number of halogens is 4. The molecule has 31 heavy (non-hydrogen) atoms. The smallest absolute Gasteiger partial charge is 0.342 e. The second kappa shape index (κ2) is 8.08. The Balaban J connectivity index is 1.39. The van der Waals surface area contributed by atoms with Crippen LogP contribution in [0, 0.1) is 12.7 Å². The largest absolute Gasteiger partial charge is 0.419 e. The normalized spacial score (nSPS) is 15.5. The molecule has 8 nitrogen and oxygen atoms in total. The number of hydrogen-bond acceptors (Lipinski definition) is 7. The quantitative estimate of drug-likeness (QED) is 0.574. The van der Waals surface area contributed by atoms with Gasteiger partial charge >= 0.3 is 6.18 Å². The van der Waals surface area contributed by atoms with Gasteiger partial charge in [-0.1, -0.05) is 21.5 Å². The molecule has 12 heteroatoms. The zero-order valence-corrected chi connectivity index (χ0v) is 16.3. The number of nitrogens with zero attached hydrogens (tertiary/aromatic N) is 5. The molecule has 0 atom stereocenters. The van der Waals surface area contributed by atoms with Crippen LogP contribution in [0.15, 0.2) is 27.4 Å². The zero-order valence-electron chi connectivity index (χ0n) is 16.3. The molecule has 0 saturated carbocycles. The first-order chi connectivity index (χ1) is 14.7. The maximum Gasteiger partial charge on any atom is 0.419 e. The fourth-order valence-electron chi connectivity index (χ4n) is 3.44. The first-order valence-corrected chi connectivity index (χ1v) is 9.49. The summed E-state index contributed by atoms with van der Waals surface area (Å²) >= 11 is 0. The number of likely N-dealkylation sites (tertiary alicyclic amines) is 1. The van der Waals surface area contributed by atoms with E-state index in [1.807, 2.05) is 0 Å². The van der Waals surface area contributed by atoms with E-state index in [0.29, 0.717) is 49.3 Å². The Labute approximate surface area is 173 Å². The number of amides is 1. The molecule has 0 spiro atoms. The highest BCUT2D eigenvalue weighted by Gasteiger charge is 2.34. The Morgan fingerprint density at radius 2 is 1.94 bits per heavy atom. The molecular formula is C19H17F4N5O3. The molecule has 1 aromatic carbocycles. The van der Waals surface area contributed by atoms with E-state index in [1.54, 1.807) is 11.8 Å². The van der Waals surface area contributed by atoms with Gasteiger partial charge in [-0.25, -0.2) is 9.02 Å². The van der Waals surface area contributed by atoms with Crippen molar-refractivity contribution in [1.82, 2.24) is 25.4 Å². The minimum Gasteiger partial charge on any atom is -0.342 e. The van der Waals surface area contributed by atoms with E-state index >= 15 is 0 Å². The second-order valence-corrected chi connectivity index (χ2v) is 7.28. The number of carbonyl (C=O) groups excluding carboxylic acids is 1. The van der Waals surface area contributed by atoms with Gasteiger partial charge in [0.15, 0.2) is 0 Å². The third-order valence-corrected chi connectivity index (χ3v) is 5.24. The van der Waals surface area contributed by atoms with E-state index in [2.05, 4.69) is 25.1 Å². The fraction of sp³-hybridized carbons (Fsp3) is 0.421. The van der Waals surface area contributed by atoms with Crippen molar-refractivity contribution in [2.45, 2.75) is 38.3 Å². The highest BCUT2D eigenvalue weighted by atomic mass is 19.4. The van der Waals surface area contributed by atoms with Crippen molar-refractivity contribution in [2.75, 3.05) is 13.1 Å². The van der Waals surface area contributed by atoms with Gasteiger partial charge in [0.1, 0.15) is 17.2 Å². The van der Waals surface area contributed by atoms with Crippen molar-refractivity contribution in [2.24, 2.45) is 0 Å². The Morgan fingerprint density at radius 3 is 2.55 bits per heavy atom. The van der Waals surface area contributed by atoms with Gasteiger partial charge in [-0.3, -0.25) is 4.79 Å². The van der Waals surface area contributed by atoms with Crippen LogP contribution < -0.4 is 0 Å². The van der Waals surface area contributed by atoms with E-state index in [-0.39, 0.29) is 29.6 Å². The van der Waals surface area contributed by atoms with Gasteiger partial charge in [0.25, 0.3) is 0 Å². The van der Waals surface area contributed by atoms with Crippen molar-refractivity contribution < 1.29 is 31.5 Å². The summed E-state index contributed by atoms with van der Waals surface area (Å²) in [5.41, 5.74) is -0.197. The van der Waals surface area contributed by atoms with E-state index < -0.39 is 17.6 Å². The van der Waals surface area contributed by atoms with Gasteiger partial charge in [0.2, 0.25) is 17.6 Å². The van der Waals surface area contributed by atoms with E-state index in [9.17, 15) is 22.4 Å². The highest BCUT2D eigenvalue weighted by molar-refractivity contribution is 5.78. The molecule has 4 rings (SSSR count). The average Bonchev–Trinajstić information content (AvgIpc) is 3.37. The Bertz CT molecular complexity index is 1090. The summed E-state index contributed by atoms with van der Waals surface area (Å²) in [4.78, 5) is 18.4. The molecule has 0 N–H and O–H groups in total. The molecule has 2 aromatic heterocycles. The van der Waals surface area contributed by atoms with Crippen molar-refractivity contribution >= 4 is 5.91 Å². The van der Waals surface area contributed by atoms with Crippen LogP contribution in [0.3, 0.4) is 0 Å². The van der Waals surface area contributed by atoms with Crippen molar-refractivity contribution in [3.05, 3.63) is 46.9 Å². The Kier molecular flexibility index (Phi) is 5.46. The van der Waals surface area contributed by atoms with Crippen LogP contribution in [-0.2, 0) is 17.4 Å². The molecule has 1 aliphatic heterocycles. The van der Waals surface area contributed by atoms with Crippen LogP contribution in [0.5, 0.6) is 0 Å². The summed E-state index contributed by atoms with van der Waals surface area (Å²) in [6.45, 7) is 2.65. The van der Waals surface area contributed by atoms with Gasteiger partial charge in [-0.05, 0) is 31.9 Å².